The lowest BCUT2D eigenvalue weighted by Crippen LogP contribution is -2.41. The van der Waals surface area contributed by atoms with Crippen LogP contribution in [0.2, 0.25) is 0 Å². The molecular formula is C66H94O16. The largest absolute Gasteiger partial charge is 0.452 e. The van der Waals surface area contributed by atoms with Gasteiger partial charge in [-0.1, -0.05) is 88.2 Å². The van der Waals surface area contributed by atoms with Crippen molar-refractivity contribution in [3.8, 4) is 0 Å². The van der Waals surface area contributed by atoms with Crippen LogP contribution in [-0.2, 0) is 81.9 Å². The molecule has 16 nitrogen and oxygen atoms in total. The Balaban J connectivity index is 0.000000375. The summed E-state index contributed by atoms with van der Waals surface area (Å²) >= 11 is 0. The van der Waals surface area contributed by atoms with Crippen LogP contribution in [0, 0.1) is 6.92 Å². The number of hydrogen-bond donors (Lipinski definition) is 0. The predicted octanol–water partition coefficient (Wildman–Crippen LogP) is 13.4. The summed E-state index contributed by atoms with van der Waals surface area (Å²) in [5.41, 5.74) is 2.59. The fraction of sp³-hybridized carbons (Fsp3) is 0.576. The lowest BCUT2D eigenvalue weighted by atomic mass is 9.79. The van der Waals surface area contributed by atoms with Gasteiger partial charge in [0.1, 0.15) is 22.4 Å². The van der Waals surface area contributed by atoms with Crippen molar-refractivity contribution >= 4 is 47.8 Å². The van der Waals surface area contributed by atoms with E-state index in [4.69, 9.17) is 37.9 Å². The summed E-state index contributed by atoms with van der Waals surface area (Å²) in [4.78, 5) is 94.3. The molecule has 0 aromatic heterocycles. The molecule has 0 radical (unpaired) electrons. The standard InChI is InChI=1S/C20H26O4.C16H24O4.2C15H22O4/c1-14(2)18(21)23-16(4)19(22)24-20(11-6-5-7-12-20)17-10-8-9-15(3)13-17;1-11(2)14(17)19-13(5)15(18)20-16(12(3)4)9-7-6-8-10-16;1-10(2)13(16)18-12(5)14(17)19-15(11(3)4)8-6-7-9-15;1-5-8-15(9-6-7-10-15)19-14(17)12(4)18-13(16)11(2)3/h8-10,13,16H,1,5-7,11-12H2,2-4H3;13H,1,3,6-10H2,2,4-5H3;12H,1,3,6-9H2,2,4-5H3;5,8,12H,2,6-7,9-10H2,1,3-4H3/b;;;8-5+. The Morgan fingerprint density at radius 3 is 1.06 bits per heavy atom. The van der Waals surface area contributed by atoms with Gasteiger partial charge in [0.15, 0.2) is 24.4 Å². The zero-order chi connectivity index (χ0) is 62.2. The molecule has 4 aliphatic carbocycles. The lowest BCUT2D eigenvalue weighted by Gasteiger charge is -2.38. The van der Waals surface area contributed by atoms with Gasteiger partial charge in [-0.05, 0) is 209 Å². The van der Waals surface area contributed by atoms with Gasteiger partial charge in [0.25, 0.3) is 0 Å². The van der Waals surface area contributed by atoms with Crippen molar-refractivity contribution in [1.82, 2.24) is 0 Å². The van der Waals surface area contributed by atoms with E-state index >= 15 is 0 Å². The third-order valence-corrected chi connectivity index (χ3v) is 14.8. The molecule has 1 aromatic carbocycles. The summed E-state index contributed by atoms with van der Waals surface area (Å²) in [6, 6.07) is 8.10. The number of aryl methyl sites for hydroxylation is 1. The molecule has 0 bridgehead atoms. The first-order chi connectivity index (χ1) is 38.3. The van der Waals surface area contributed by atoms with Gasteiger partial charge in [0, 0.05) is 22.3 Å². The summed E-state index contributed by atoms with van der Waals surface area (Å²) in [5, 5.41) is 0. The van der Waals surface area contributed by atoms with Gasteiger partial charge in [-0.25, -0.2) is 38.4 Å². The van der Waals surface area contributed by atoms with Crippen LogP contribution in [0.4, 0.5) is 0 Å². The summed E-state index contributed by atoms with van der Waals surface area (Å²) in [6.07, 6.45) is 16.9. The van der Waals surface area contributed by atoms with E-state index in [0.29, 0.717) is 0 Å². The molecule has 0 amide bonds. The minimum atomic E-state index is -0.946. The van der Waals surface area contributed by atoms with E-state index in [2.05, 4.69) is 45.5 Å². The van der Waals surface area contributed by atoms with Gasteiger partial charge in [0.2, 0.25) is 0 Å². The highest BCUT2D eigenvalue weighted by Gasteiger charge is 2.43. The number of ether oxygens (including phenoxy) is 8. The number of carbonyl (C=O) groups excluding carboxylic acids is 8. The highest BCUT2D eigenvalue weighted by molar-refractivity contribution is 5.91. The Bertz CT molecular complexity index is 2520. The van der Waals surface area contributed by atoms with Crippen molar-refractivity contribution in [3.05, 3.63) is 120 Å². The molecule has 4 aliphatic rings. The van der Waals surface area contributed by atoms with Crippen molar-refractivity contribution in [1.29, 1.82) is 0 Å². The first-order valence-electron chi connectivity index (χ1n) is 28.7. The van der Waals surface area contributed by atoms with E-state index in [0.717, 1.165) is 138 Å². The molecule has 0 N–H and O–H groups in total. The van der Waals surface area contributed by atoms with Gasteiger partial charge >= 0.3 is 47.8 Å². The number of benzene rings is 1. The van der Waals surface area contributed by atoms with Crippen molar-refractivity contribution in [2.45, 2.75) is 245 Å². The van der Waals surface area contributed by atoms with Gasteiger partial charge in [0.05, 0.1) is 0 Å². The molecule has 82 heavy (non-hydrogen) atoms. The fourth-order valence-electron chi connectivity index (χ4n) is 9.73. The Labute approximate surface area is 488 Å². The van der Waals surface area contributed by atoms with Gasteiger partial charge < -0.3 is 37.9 Å². The molecule has 4 unspecified atom stereocenters. The monoisotopic (exact) mass is 1140 g/mol. The number of carbonyl (C=O) groups is 8. The van der Waals surface area contributed by atoms with Gasteiger partial charge in [-0.3, -0.25) is 0 Å². The third-order valence-electron chi connectivity index (χ3n) is 14.8. The number of rotatable bonds is 20. The Morgan fingerprint density at radius 1 is 0.439 bits per heavy atom. The van der Waals surface area contributed by atoms with E-state index in [-0.39, 0.29) is 22.3 Å². The second-order valence-corrected chi connectivity index (χ2v) is 22.5. The van der Waals surface area contributed by atoms with Crippen LogP contribution >= 0.6 is 0 Å². The SMILES string of the molecule is C=C(C)C(=O)OC(C)C(=O)OC1(/C=C/C)CCCC1.C=C(C)C(=O)OC(C)C(=O)OC1(C(=C)C)CCCC1.C=C(C)C(=O)OC(C)C(=O)OC1(C(=C)C)CCCCC1.C=C(C)C(=O)OC(C)C(=O)OC1(c2cccc(C)c2)CCCCC1. The number of hydrogen-bond acceptors (Lipinski definition) is 16. The molecular weight excluding hydrogens is 1050 g/mol. The van der Waals surface area contributed by atoms with Crippen molar-refractivity contribution in [2.75, 3.05) is 0 Å². The average Bonchev–Trinajstić information content (AvgIpc) is 4.24. The van der Waals surface area contributed by atoms with Crippen LogP contribution in [-0.4, -0.2) is 89.0 Å². The van der Waals surface area contributed by atoms with Crippen molar-refractivity contribution in [3.63, 3.8) is 0 Å². The molecule has 1 aromatic rings. The normalized spacial score (nSPS) is 18.4. The van der Waals surface area contributed by atoms with Crippen LogP contribution < -0.4 is 0 Å². The zero-order valence-electron chi connectivity index (χ0n) is 51.3. The maximum absolute atomic E-state index is 12.5. The van der Waals surface area contributed by atoms with Crippen LogP contribution in [0.15, 0.2) is 109 Å². The van der Waals surface area contributed by atoms with Crippen LogP contribution in [0.1, 0.15) is 203 Å². The molecule has 4 saturated carbocycles. The Hall–Kier alpha value is -6.84. The maximum atomic E-state index is 12.5. The number of esters is 8. The number of allylic oxidation sites excluding steroid dienone is 1. The van der Waals surface area contributed by atoms with Crippen LogP contribution in [0.3, 0.4) is 0 Å². The zero-order valence-corrected chi connectivity index (χ0v) is 51.3. The van der Waals surface area contributed by atoms with Crippen LogP contribution in [0.5, 0.6) is 0 Å². The quantitative estimate of drug-likeness (QED) is 0.0514. The Morgan fingerprint density at radius 2 is 0.744 bits per heavy atom. The van der Waals surface area contributed by atoms with Crippen molar-refractivity contribution < 1.29 is 76.3 Å². The lowest BCUT2D eigenvalue weighted by molar-refractivity contribution is -0.180. The predicted molar refractivity (Wildman–Crippen MR) is 314 cm³/mol. The Kier molecular flexibility index (Phi) is 28.9. The van der Waals surface area contributed by atoms with E-state index in [1.165, 1.54) is 41.5 Å². The molecule has 0 spiro atoms. The summed E-state index contributed by atoms with van der Waals surface area (Å²) < 4.78 is 42.7. The molecule has 4 fully saturated rings. The molecule has 5 rings (SSSR count). The van der Waals surface area contributed by atoms with Gasteiger partial charge in [-0.15, -0.1) is 0 Å². The summed E-state index contributed by atoms with van der Waals surface area (Å²) in [5.74, 6) is -4.38. The van der Waals surface area contributed by atoms with Gasteiger partial charge in [-0.2, -0.15) is 0 Å². The maximum Gasteiger partial charge on any atom is 0.348 e. The van der Waals surface area contributed by atoms with E-state index in [1.54, 1.807) is 13.8 Å². The second-order valence-electron chi connectivity index (χ2n) is 22.5. The average molecular weight is 1140 g/mol. The molecule has 0 heterocycles. The highest BCUT2D eigenvalue weighted by atomic mass is 16.6. The van der Waals surface area contributed by atoms with E-state index in [1.807, 2.05) is 58.0 Å². The minimum Gasteiger partial charge on any atom is -0.452 e. The second kappa shape index (κ2) is 33.3. The fourth-order valence-corrected chi connectivity index (χ4v) is 9.73. The molecule has 16 heteroatoms. The van der Waals surface area contributed by atoms with Crippen LogP contribution in [0.25, 0.3) is 0 Å². The third kappa shape index (κ3) is 22.1. The molecule has 454 valence electrons. The molecule has 0 aliphatic heterocycles. The minimum absolute atomic E-state index is 0.259. The highest BCUT2D eigenvalue weighted by Crippen LogP contribution is 2.42. The molecule has 0 saturated heterocycles. The van der Waals surface area contributed by atoms with E-state index in [9.17, 15) is 38.4 Å². The summed E-state index contributed by atoms with van der Waals surface area (Å²) in [6.45, 7) is 41.7. The first kappa shape index (κ1) is 71.3. The summed E-state index contributed by atoms with van der Waals surface area (Å²) in [7, 11) is 0. The first-order valence-corrected chi connectivity index (χ1v) is 28.7. The molecule has 4 atom stereocenters. The topological polar surface area (TPSA) is 210 Å². The smallest absolute Gasteiger partial charge is 0.348 e. The van der Waals surface area contributed by atoms with E-state index < -0.39 is 94.6 Å². The van der Waals surface area contributed by atoms with Crippen molar-refractivity contribution in [2.24, 2.45) is 0 Å².